The van der Waals surface area contributed by atoms with Gasteiger partial charge >= 0.3 is 0 Å². The lowest BCUT2D eigenvalue weighted by atomic mass is 10.1. The van der Waals surface area contributed by atoms with Crippen molar-refractivity contribution in [2.45, 2.75) is 6.54 Å². The zero-order valence-electron chi connectivity index (χ0n) is 11.5. The molecular formula is C18H14N3. The molecule has 4 rings (SSSR count). The summed E-state index contributed by atoms with van der Waals surface area (Å²) in [6.07, 6.45) is 3.84. The fraction of sp³-hybridized carbons (Fsp3) is 0.0556. The van der Waals surface area contributed by atoms with Crippen molar-refractivity contribution in [1.29, 1.82) is 0 Å². The number of aromatic amines is 1. The van der Waals surface area contributed by atoms with Gasteiger partial charge in [-0.25, -0.2) is 0 Å². The highest BCUT2D eigenvalue weighted by Gasteiger charge is 2.05. The highest BCUT2D eigenvalue weighted by Crippen LogP contribution is 2.21. The van der Waals surface area contributed by atoms with Gasteiger partial charge in [0.05, 0.1) is 11.7 Å². The van der Waals surface area contributed by atoms with E-state index in [2.05, 4.69) is 63.3 Å². The van der Waals surface area contributed by atoms with Gasteiger partial charge in [0.25, 0.3) is 0 Å². The molecule has 2 aromatic carbocycles. The standard InChI is InChI=1S/C18H14N3/c1-2-5-15(6-3-1)18-7-4-10-21(18)13-14-8-9-16-12-19-20-17(16)11-14/h1-3,5-12H,13H2,(H,19,20). The molecule has 0 spiro atoms. The van der Waals surface area contributed by atoms with E-state index in [1.165, 1.54) is 16.8 Å². The Hall–Kier alpha value is -2.81. The summed E-state index contributed by atoms with van der Waals surface area (Å²) in [4.78, 5) is 0. The minimum absolute atomic E-state index is 0.822. The van der Waals surface area contributed by atoms with Crippen LogP contribution in [0.1, 0.15) is 5.56 Å². The molecule has 0 aliphatic heterocycles. The highest BCUT2D eigenvalue weighted by molar-refractivity contribution is 5.78. The number of nitrogens with zero attached hydrogens (tertiary/aromatic N) is 2. The van der Waals surface area contributed by atoms with Crippen LogP contribution >= 0.6 is 0 Å². The molecule has 0 saturated carbocycles. The molecule has 0 saturated heterocycles. The summed E-state index contributed by atoms with van der Waals surface area (Å²) in [5.41, 5.74) is 4.71. The van der Waals surface area contributed by atoms with E-state index in [1.807, 2.05) is 24.5 Å². The van der Waals surface area contributed by atoms with Gasteiger partial charge < -0.3 is 4.57 Å². The molecule has 4 aromatic rings. The largest absolute Gasteiger partial charge is 0.342 e. The lowest BCUT2D eigenvalue weighted by molar-refractivity contribution is 0.815. The van der Waals surface area contributed by atoms with Crippen LogP contribution in [-0.4, -0.2) is 14.8 Å². The maximum atomic E-state index is 4.07. The van der Waals surface area contributed by atoms with E-state index in [1.54, 1.807) is 0 Å². The van der Waals surface area contributed by atoms with Crippen molar-refractivity contribution in [3.05, 3.63) is 78.6 Å². The second-order valence-electron chi connectivity index (χ2n) is 5.11. The van der Waals surface area contributed by atoms with Crippen molar-refractivity contribution in [2.24, 2.45) is 0 Å². The van der Waals surface area contributed by atoms with Crippen LogP contribution in [0.25, 0.3) is 22.2 Å². The quantitative estimate of drug-likeness (QED) is 0.603. The Labute approximate surface area is 122 Å². The number of aromatic nitrogens is 3. The average molecular weight is 272 g/mol. The zero-order valence-corrected chi connectivity index (χ0v) is 11.5. The van der Waals surface area contributed by atoms with E-state index >= 15 is 0 Å². The fourth-order valence-corrected chi connectivity index (χ4v) is 2.63. The third-order valence-electron chi connectivity index (χ3n) is 3.69. The smallest absolute Gasteiger partial charge is 0.0653 e. The van der Waals surface area contributed by atoms with Gasteiger partial charge in [-0.1, -0.05) is 42.5 Å². The van der Waals surface area contributed by atoms with E-state index in [0.29, 0.717) is 0 Å². The Balaban J connectivity index is 1.70. The summed E-state index contributed by atoms with van der Waals surface area (Å²) in [5, 5.41) is 8.23. The normalized spacial score (nSPS) is 11.0. The first kappa shape index (κ1) is 12.0. The molecule has 3 heteroatoms. The van der Waals surface area contributed by atoms with E-state index in [-0.39, 0.29) is 0 Å². The predicted octanol–water partition coefficient (Wildman–Crippen LogP) is 3.88. The molecule has 0 unspecified atom stereocenters. The number of nitrogens with one attached hydrogen (secondary N) is 1. The zero-order chi connectivity index (χ0) is 14.1. The first-order valence-corrected chi connectivity index (χ1v) is 6.94. The van der Waals surface area contributed by atoms with Crippen LogP contribution in [0, 0.1) is 6.07 Å². The van der Waals surface area contributed by atoms with E-state index in [4.69, 9.17) is 0 Å². The molecule has 0 atom stereocenters. The van der Waals surface area contributed by atoms with Gasteiger partial charge in [0.2, 0.25) is 0 Å². The second-order valence-corrected chi connectivity index (χ2v) is 5.11. The summed E-state index contributed by atoms with van der Waals surface area (Å²) in [5.74, 6) is 0. The first-order valence-electron chi connectivity index (χ1n) is 6.94. The van der Waals surface area contributed by atoms with Crippen molar-refractivity contribution < 1.29 is 0 Å². The Morgan fingerprint density at radius 1 is 1.10 bits per heavy atom. The van der Waals surface area contributed by atoms with Gasteiger partial charge in [-0.15, -0.1) is 0 Å². The first-order chi connectivity index (χ1) is 10.4. The minimum atomic E-state index is 0.822. The number of hydrogen-bond donors (Lipinski definition) is 1. The summed E-state index contributed by atoms with van der Waals surface area (Å²) in [6.45, 7) is 0.822. The molecule has 1 N–H and O–H groups in total. The van der Waals surface area contributed by atoms with Crippen LogP contribution in [0.4, 0.5) is 0 Å². The van der Waals surface area contributed by atoms with Crippen LogP contribution in [0.5, 0.6) is 0 Å². The summed E-state index contributed by atoms with van der Waals surface area (Å²) >= 11 is 0. The average Bonchev–Trinajstić information content (AvgIpc) is 3.16. The third-order valence-corrected chi connectivity index (χ3v) is 3.69. The van der Waals surface area contributed by atoms with Crippen LogP contribution in [0.3, 0.4) is 0 Å². The number of hydrogen-bond acceptors (Lipinski definition) is 1. The molecular weight excluding hydrogens is 258 g/mol. The number of benzene rings is 2. The summed E-state index contributed by atoms with van der Waals surface area (Å²) < 4.78 is 2.22. The Morgan fingerprint density at radius 2 is 2.00 bits per heavy atom. The van der Waals surface area contributed by atoms with Crippen molar-refractivity contribution in [3.63, 3.8) is 0 Å². The minimum Gasteiger partial charge on any atom is -0.342 e. The summed E-state index contributed by atoms with van der Waals surface area (Å²) in [6, 6.07) is 22.0. The Kier molecular flexibility index (Phi) is 2.82. The predicted molar refractivity (Wildman–Crippen MR) is 83.9 cm³/mol. The van der Waals surface area contributed by atoms with Gasteiger partial charge in [-0.05, 0) is 23.3 Å². The van der Waals surface area contributed by atoms with Crippen LogP contribution in [-0.2, 0) is 6.54 Å². The van der Waals surface area contributed by atoms with Crippen LogP contribution in [0.15, 0.2) is 67.0 Å². The maximum absolute atomic E-state index is 4.07. The SMILES string of the molecule is [c]1cc(-c2ccccc2)n(Cc2ccc3cn[nH]c3c2)c1. The monoisotopic (exact) mass is 272 g/mol. The molecule has 2 aromatic heterocycles. The fourth-order valence-electron chi connectivity index (χ4n) is 2.63. The van der Waals surface area contributed by atoms with Crippen molar-refractivity contribution in [2.75, 3.05) is 0 Å². The number of H-pyrrole nitrogens is 1. The molecule has 1 radical (unpaired) electrons. The Bertz CT molecular complexity index is 872. The molecule has 0 aliphatic carbocycles. The summed E-state index contributed by atoms with van der Waals surface area (Å²) in [7, 11) is 0. The van der Waals surface area contributed by atoms with Crippen molar-refractivity contribution in [3.8, 4) is 11.3 Å². The molecule has 0 bridgehead atoms. The molecule has 101 valence electrons. The van der Waals surface area contributed by atoms with Crippen molar-refractivity contribution in [1.82, 2.24) is 14.8 Å². The highest BCUT2D eigenvalue weighted by atomic mass is 15.1. The van der Waals surface area contributed by atoms with Gasteiger partial charge in [0.1, 0.15) is 0 Å². The van der Waals surface area contributed by atoms with Gasteiger partial charge in [0, 0.05) is 29.9 Å². The molecule has 21 heavy (non-hydrogen) atoms. The molecule has 0 amide bonds. The molecule has 3 nitrogen and oxygen atoms in total. The Morgan fingerprint density at radius 3 is 2.90 bits per heavy atom. The van der Waals surface area contributed by atoms with Crippen LogP contribution < -0.4 is 0 Å². The lowest BCUT2D eigenvalue weighted by Crippen LogP contribution is -2.00. The number of fused-ring (bicyclic) bond motifs is 1. The molecule has 0 fully saturated rings. The van der Waals surface area contributed by atoms with Gasteiger partial charge in [-0.2, -0.15) is 5.10 Å². The van der Waals surface area contributed by atoms with E-state index in [9.17, 15) is 0 Å². The van der Waals surface area contributed by atoms with Gasteiger partial charge in [-0.3, -0.25) is 5.10 Å². The third kappa shape index (κ3) is 2.23. The number of rotatable bonds is 3. The van der Waals surface area contributed by atoms with Crippen LogP contribution in [0.2, 0.25) is 0 Å². The topological polar surface area (TPSA) is 33.6 Å². The molecule has 0 aliphatic rings. The second kappa shape index (κ2) is 4.94. The van der Waals surface area contributed by atoms with Crippen molar-refractivity contribution >= 4 is 10.9 Å². The maximum Gasteiger partial charge on any atom is 0.0653 e. The van der Waals surface area contributed by atoms with Gasteiger partial charge in [0.15, 0.2) is 0 Å². The lowest BCUT2D eigenvalue weighted by Gasteiger charge is -2.09. The van der Waals surface area contributed by atoms with E-state index in [0.717, 1.165) is 17.4 Å². The van der Waals surface area contributed by atoms with E-state index < -0.39 is 0 Å². The molecule has 2 heterocycles.